The van der Waals surface area contributed by atoms with Gasteiger partial charge in [0, 0.05) is 44.1 Å². The van der Waals surface area contributed by atoms with Crippen LogP contribution < -0.4 is 18.9 Å². The Morgan fingerprint density at radius 3 is 2.44 bits per heavy atom. The second-order valence-corrected chi connectivity index (χ2v) is 18.7. The summed E-state index contributed by atoms with van der Waals surface area (Å²) in [6, 6.07) is 25.8. The molecule has 4 aromatic carbocycles. The molecule has 0 unspecified atom stereocenters. The van der Waals surface area contributed by atoms with Crippen LogP contribution in [0.15, 0.2) is 108 Å². The molecule has 350 valence electrons. The fourth-order valence-electron chi connectivity index (χ4n) is 11.6. The predicted octanol–water partition coefficient (Wildman–Crippen LogP) is 11.0. The van der Waals surface area contributed by atoms with Gasteiger partial charge in [-0.3, -0.25) is 4.79 Å². The Balaban J connectivity index is 1.21. The highest BCUT2D eigenvalue weighted by atomic mass is 16.7. The number of allylic oxidation sites excluding steroid dienone is 1. The van der Waals surface area contributed by atoms with E-state index in [2.05, 4.69) is 43.0 Å². The lowest BCUT2D eigenvalue weighted by Crippen LogP contribution is -2.70. The molecule has 0 radical (unpaired) electrons. The van der Waals surface area contributed by atoms with Gasteiger partial charge >= 0.3 is 0 Å². The zero-order valence-corrected chi connectivity index (χ0v) is 38.4. The maximum absolute atomic E-state index is 15.3. The van der Waals surface area contributed by atoms with Gasteiger partial charge in [0.25, 0.3) is 0 Å². The molecule has 0 bridgehead atoms. The second kappa shape index (κ2) is 21.1. The van der Waals surface area contributed by atoms with Crippen LogP contribution >= 0.6 is 0 Å². The number of ether oxygens (including phenoxy) is 5. The van der Waals surface area contributed by atoms with E-state index < -0.39 is 17.7 Å². The van der Waals surface area contributed by atoms with Gasteiger partial charge in [0.2, 0.25) is 18.5 Å². The number of carbonyl (C=O) groups excluding carboxylic acids is 1. The van der Waals surface area contributed by atoms with E-state index in [1.54, 1.807) is 6.08 Å². The number of hydrogen-bond donors (Lipinski definition) is 2. The van der Waals surface area contributed by atoms with Crippen molar-refractivity contribution in [3.05, 3.63) is 114 Å². The molecule has 2 N–H and O–H groups in total. The molecule has 3 aliphatic carbocycles. The highest BCUT2D eigenvalue weighted by Crippen LogP contribution is 2.62. The first-order chi connectivity index (χ1) is 32.4. The van der Waals surface area contributed by atoms with Crippen LogP contribution in [0.1, 0.15) is 107 Å². The van der Waals surface area contributed by atoms with E-state index in [1.807, 2.05) is 60.4 Å². The molecule has 9 rings (SSSR count). The van der Waals surface area contributed by atoms with Crippen molar-refractivity contribution in [1.29, 1.82) is 0 Å². The van der Waals surface area contributed by atoms with E-state index in [-0.39, 0.29) is 50.3 Å². The fourth-order valence-corrected chi connectivity index (χ4v) is 11.6. The van der Waals surface area contributed by atoms with E-state index in [0.717, 1.165) is 83.9 Å². The van der Waals surface area contributed by atoms with Crippen molar-refractivity contribution >= 4 is 22.4 Å². The molecule has 0 spiro atoms. The number of amides is 1. The number of fused-ring (bicyclic) bond motifs is 4. The average Bonchev–Trinajstić information content (AvgIpc) is 4.05. The van der Waals surface area contributed by atoms with Crippen molar-refractivity contribution in [2.45, 2.75) is 115 Å². The number of rotatable bonds is 21. The van der Waals surface area contributed by atoms with Gasteiger partial charge in [0.1, 0.15) is 29.9 Å². The lowest BCUT2D eigenvalue weighted by molar-refractivity contribution is -0.258. The molecule has 2 heterocycles. The first-order valence-electron chi connectivity index (χ1n) is 24.5. The molecular formula is C55H66N2O9. The fraction of sp³-hybridized carbons (Fsp3) is 0.491. The molecular weight excluding hydrogens is 833 g/mol. The monoisotopic (exact) mass is 898 g/mol. The summed E-state index contributed by atoms with van der Waals surface area (Å²) in [5.41, 5.74) is 3.71. The van der Waals surface area contributed by atoms with Gasteiger partial charge in [-0.05, 0) is 121 Å². The Hall–Kier alpha value is -5.36. The third-order valence-corrected chi connectivity index (χ3v) is 14.6. The van der Waals surface area contributed by atoms with Gasteiger partial charge in [-0.1, -0.05) is 92.2 Å². The average molecular weight is 899 g/mol. The van der Waals surface area contributed by atoms with Crippen LogP contribution in [0.25, 0.3) is 10.8 Å². The molecule has 4 aromatic rings. The molecule has 0 aromatic heterocycles. The molecule has 2 fully saturated rings. The Bertz CT molecular complexity index is 2390. The first-order valence-corrected chi connectivity index (χ1v) is 24.5. The minimum Gasteiger partial charge on any atom is -0.459 e. The molecule has 11 heteroatoms. The predicted molar refractivity (Wildman–Crippen MR) is 255 cm³/mol. The Labute approximate surface area is 389 Å². The topological polar surface area (TPSA) is 129 Å². The Kier molecular flexibility index (Phi) is 14.6. The molecule has 6 atom stereocenters. The first kappa shape index (κ1) is 45.8. The van der Waals surface area contributed by atoms with Gasteiger partial charge in [0.05, 0.1) is 18.2 Å². The van der Waals surface area contributed by atoms with Gasteiger partial charge in [-0.2, -0.15) is 0 Å². The van der Waals surface area contributed by atoms with Crippen LogP contribution in [0.2, 0.25) is 0 Å². The summed E-state index contributed by atoms with van der Waals surface area (Å²) in [5.74, 6) is 2.25. The van der Waals surface area contributed by atoms with Crippen molar-refractivity contribution in [3.8, 4) is 28.7 Å². The number of aliphatic hydroxyl groups is 2. The van der Waals surface area contributed by atoms with Crippen LogP contribution in [0, 0.1) is 23.7 Å². The van der Waals surface area contributed by atoms with Crippen LogP contribution in [-0.2, 0) is 20.9 Å². The number of aliphatic hydroxyl groups excluding tert-OH is 2. The van der Waals surface area contributed by atoms with Gasteiger partial charge in [0.15, 0.2) is 11.5 Å². The zero-order valence-electron chi connectivity index (χ0n) is 38.4. The quantitative estimate of drug-likeness (QED) is 0.0477. The smallest absolute Gasteiger partial charge is 0.239 e. The molecule has 1 amide bonds. The van der Waals surface area contributed by atoms with E-state index in [4.69, 9.17) is 33.7 Å². The maximum atomic E-state index is 15.3. The second-order valence-electron chi connectivity index (χ2n) is 18.7. The highest BCUT2D eigenvalue weighted by Gasteiger charge is 2.65. The molecule has 2 aliphatic heterocycles. The van der Waals surface area contributed by atoms with E-state index in [0.29, 0.717) is 67.8 Å². The lowest BCUT2D eigenvalue weighted by Gasteiger charge is -2.60. The normalized spacial score (nSPS) is 24.6. The van der Waals surface area contributed by atoms with E-state index in [1.165, 1.54) is 12.8 Å². The lowest BCUT2D eigenvalue weighted by atomic mass is 9.55. The van der Waals surface area contributed by atoms with Crippen molar-refractivity contribution in [1.82, 2.24) is 4.90 Å². The molecule has 66 heavy (non-hydrogen) atoms. The number of nitrogens with zero attached hydrogens (tertiary/aromatic N) is 2. The van der Waals surface area contributed by atoms with Crippen molar-refractivity contribution in [2.75, 3.05) is 33.2 Å². The Morgan fingerprint density at radius 2 is 1.64 bits per heavy atom. The van der Waals surface area contributed by atoms with Crippen LogP contribution in [0.5, 0.6) is 28.7 Å². The highest BCUT2D eigenvalue weighted by molar-refractivity contribution is 6.03. The number of hydrogen-bond acceptors (Lipinski definition) is 10. The van der Waals surface area contributed by atoms with Crippen molar-refractivity contribution < 1.29 is 43.5 Å². The van der Waals surface area contributed by atoms with E-state index >= 15 is 4.79 Å². The van der Waals surface area contributed by atoms with Crippen LogP contribution in [0.3, 0.4) is 0 Å². The van der Waals surface area contributed by atoms with Gasteiger partial charge < -0.3 is 43.6 Å². The molecule has 11 nitrogen and oxygen atoms in total. The summed E-state index contributed by atoms with van der Waals surface area (Å²) < 4.78 is 33.0. The van der Waals surface area contributed by atoms with Crippen LogP contribution in [0.4, 0.5) is 0 Å². The summed E-state index contributed by atoms with van der Waals surface area (Å²) in [4.78, 5) is 23.3. The Morgan fingerprint density at radius 1 is 0.879 bits per heavy atom. The summed E-state index contributed by atoms with van der Waals surface area (Å²) in [6.45, 7) is 7.30. The molecule has 2 saturated carbocycles. The third kappa shape index (κ3) is 9.58. The minimum atomic E-state index is -1.37. The summed E-state index contributed by atoms with van der Waals surface area (Å²) >= 11 is 0. The SMILES string of the molecule is C=CCO[C@@]12Oc3ccc(Oc4ccc5ccccc5c4)cc3[C@H]3[C@H](CCCCO)[C@@H](CCCCO)C=C(C(=NOCC)C[C@@H]1N(Cc1ccc4c(c1)OCO4)C(=O)CCC1CCCC1)[C@H]32. The van der Waals surface area contributed by atoms with Gasteiger partial charge in [-0.15, -0.1) is 6.58 Å². The summed E-state index contributed by atoms with van der Waals surface area (Å²) in [6.07, 6.45) is 15.2. The maximum Gasteiger partial charge on any atom is 0.239 e. The zero-order chi connectivity index (χ0) is 45.5. The third-order valence-electron chi connectivity index (χ3n) is 14.6. The standard InChI is InChI=1S/C55H66N2O9/c1-3-29-63-55-51(57(52(60)26-20-37-13-5-6-14-37)35-38-19-24-49-50(30-38)62-36-61-49)34-47(56-64-4-2)45-32-41(17-9-11-27-58)44(18-10-12-28-59)53(54(45)55)46-33-43(23-25-48(46)66-55)65-42-22-21-39-15-7-8-16-40(39)31-42/h3,7-8,15-16,19,21-25,30-33,37,41,44,51,53-54,58-59H,1,4-6,9-14,17-18,20,26-29,34-36H2,2H3/t41-,44+,51-,53+,54+,55+/m0/s1. The number of carbonyl (C=O) groups is 1. The van der Waals surface area contributed by atoms with Crippen LogP contribution in [-0.4, -0.2) is 71.8 Å². The molecule has 5 aliphatic rings. The molecule has 0 saturated heterocycles. The number of oxime groups is 1. The summed E-state index contributed by atoms with van der Waals surface area (Å²) in [7, 11) is 0. The minimum absolute atomic E-state index is 0.0385. The van der Waals surface area contributed by atoms with E-state index in [9.17, 15) is 10.2 Å². The van der Waals surface area contributed by atoms with Crippen molar-refractivity contribution in [2.24, 2.45) is 28.8 Å². The van der Waals surface area contributed by atoms with Gasteiger partial charge in [-0.25, -0.2) is 0 Å². The van der Waals surface area contributed by atoms with Crippen molar-refractivity contribution in [3.63, 3.8) is 0 Å². The largest absolute Gasteiger partial charge is 0.459 e. The number of benzene rings is 4. The summed E-state index contributed by atoms with van der Waals surface area (Å²) in [5, 5.41) is 27.2. The number of unbranched alkanes of at least 4 members (excludes halogenated alkanes) is 2.